The van der Waals surface area contributed by atoms with Crippen molar-refractivity contribution >= 4 is 32.9 Å². The highest BCUT2D eigenvalue weighted by Gasteiger charge is 2.25. The lowest BCUT2D eigenvalue weighted by atomic mass is 10.0. The molecule has 1 aromatic rings. The van der Waals surface area contributed by atoms with Crippen LogP contribution in [0, 0.1) is 0 Å². The lowest BCUT2D eigenvalue weighted by molar-refractivity contribution is -0.141. The van der Waals surface area contributed by atoms with Crippen LogP contribution in [0.1, 0.15) is 38.8 Å². The smallest absolute Gasteiger partial charge is 0.307 e. The first-order valence-corrected chi connectivity index (χ1v) is 8.71. The number of rotatable bonds is 6. The maximum atomic E-state index is 12.3. The molecule has 1 rings (SSSR count). The zero-order chi connectivity index (χ0) is 16.9. The van der Waals surface area contributed by atoms with Crippen molar-refractivity contribution in [1.29, 1.82) is 0 Å². The first-order valence-electron chi connectivity index (χ1n) is 6.77. The molecule has 0 aromatic heterocycles. The highest BCUT2D eigenvalue weighted by atomic mass is 79.9. The number of carbonyl (C=O) groups is 1. The van der Waals surface area contributed by atoms with Crippen LogP contribution in [0.4, 0.5) is 0 Å². The van der Waals surface area contributed by atoms with Gasteiger partial charge >= 0.3 is 5.97 Å². The van der Waals surface area contributed by atoms with Crippen molar-refractivity contribution in [2.75, 3.05) is 14.2 Å². The van der Waals surface area contributed by atoms with E-state index in [1.807, 2.05) is 32.9 Å². The maximum Gasteiger partial charge on any atom is 0.307 e. The molecule has 22 heavy (non-hydrogen) atoms. The molecule has 0 saturated carbocycles. The van der Waals surface area contributed by atoms with E-state index in [0.717, 1.165) is 10.0 Å². The third-order valence-electron chi connectivity index (χ3n) is 2.98. The second kappa shape index (κ2) is 8.08. The van der Waals surface area contributed by atoms with Crippen molar-refractivity contribution in [2.24, 2.45) is 0 Å². The lowest BCUT2D eigenvalue weighted by Crippen LogP contribution is -2.36. The van der Waals surface area contributed by atoms with Gasteiger partial charge in [-0.2, -0.15) is 0 Å². The summed E-state index contributed by atoms with van der Waals surface area (Å²) in [5, 5.41) is 0. The Balaban J connectivity index is 3.06. The van der Waals surface area contributed by atoms with Gasteiger partial charge in [0.1, 0.15) is 5.75 Å². The molecule has 5 nitrogen and oxygen atoms in total. The van der Waals surface area contributed by atoms with Crippen LogP contribution in [-0.4, -0.2) is 29.1 Å². The number of nitrogens with one attached hydrogen (secondary N) is 1. The average Bonchev–Trinajstić information content (AvgIpc) is 2.45. The van der Waals surface area contributed by atoms with Gasteiger partial charge < -0.3 is 9.47 Å². The largest absolute Gasteiger partial charge is 0.496 e. The number of methoxy groups -OCH3 is 2. The van der Waals surface area contributed by atoms with Crippen LogP contribution in [-0.2, 0) is 20.5 Å². The summed E-state index contributed by atoms with van der Waals surface area (Å²) in [5.74, 6) is 0.327. The second-order valence-electron chi connectivity index (χ2n) is 5.73. The van der Waals surface area contributed by atoms with Gasteiger partial charge in [0.15, 0.2) is 0 Å². The predicted molar refractivity (Wildman–Crippen MR) is 91.1 cm³/mol. The van der Waals surface area contributed by atoms with Crippen molar-refractivity contribution in [2.45, 2.75) is 38.0 Å². The van der Waals surface area contributed by atoms with Gasteiger partial charge in [0.25, 0.3) is 0 Å². The molecule has 1 aromatic carbocycles. The van der Waals surface area contributed by atoms with Gasteiger partial charge in [0.2, 0.25) is 0 Å². The van der Waals surface area contributed by atoms with Crippen LogP contribution in [0.3, 0.4) is 0 Å². The van der Waals surface area contributed by atoms with E-state index in [-0.39, 0.29) is 12.4 Å². The van der Waals surface area contributed by atoms with E-state index < -0.39 is 21.8 Å². The Hall–Kier alpha value is -0.920. The molecule has 0 heterocycles. The molecule has 0 aliphatic rings. The molecule has 0 aliphatic carbocycles. The lowest BCUT2D eigenvalue weighted by Gasteiger charge is -2.24. The predicted octanol–water partition coefficient (Wildman–Crippen LogP) is 3.11. The van der Waals surface area contributed by atoms with Gasteiger partial charge in [-0.3, -0.25) is 4.79 Å². The minimum absolute atomic E-state index is 0.0943. The molecular weight excluding hydrogens is 370 g/mol. The van der Waals surface area contributed by atoms with Gasteiger partial charge in [-0.15, -0.1) is 0 Å². The van der Waals surface area contributed by atoms with Crippen LogP contribution in [0.25, 0.3) is 0 Å². The average molecular weight is 392 g/mol. The molecule has 0 aliphatic heterocycles. The number of esters is 1. The van der Waals surface area contributed by atoms with Crippen LogP contribution in [0.15, 0.2) is 22.7 Å². The molecular formula is C15H22BrNO4S. The standard InChI is InChI=1S/C15H22BrNO4S/c1-15(2,3)22(19)17-12(9-14(18)21-5)10-6-7-13(20-4)11(16)8-10/h6-8,12,17H,9H2,1-5H3/t12-,22+/m0/s1. The van der Waals surface area contributed by atoms with E-state index >= 15 is 0 Å². The van der Waals surface area contributed by atoms with E-state index in [0.29, 0.717) is 5.75 Å². The Kier molecular flexibility index (Phi) is 7.02. The Labute approximate surface area is 142 Å². The number of hydrogen-bond acceptors (Lipinski definition) is 4. The highest BCUT2D eigenvalue weighted by Crippen LogP contribution is 2.30. The molecule has 0 unspecified atom stereocenters. The van der Waals surface area contributed by atoms with Gasteiger partial charge in [0, 0.05) is 0 Å². The molecule has 0 amide bonds. The summed E-state index contributed by atoms with van der Waals surface area (Å²) in [6.45, 7) is 5.61. The SMILES string of the molecule is COC(=O)C[C@H](N[S@](=O)C(C)(C)C)c1ccc(OC)c(Br)c1. The number of halogens is 1. The molecule has 0 spiro atoms. The Morgan fingerprint density at radius 1 is 1.36 bits per heavy atom. The summed E-state index contributed by atoms with van der Waals surface area (Å²) in [5.41, 5.74) is 0.829. The van der Waals surface area contributed by atoms with E-state index in [1.54, 1.807) is 13.2 Å². The molecule has 7 heteroatoms. The number of ether oxygens (including phenoxy) is 2. The molecule has 2 atom stereocenters. The van der Waals surface area contributed by atoms with Crippen LogP contribution in [0.5, 0.6) is 5.75 Å². The normalized spacial score (nSPS) is 14.3. The maximum absolute atomic E-state index is 12.3. The molecule has 0 radical (unpaired) electrons. The van der Waals surface area contributed by atoms with Crippen LogP contribution >= 0.6 is 15.9 Å². The number of carbonyl (C=O) groups excluding carboxylic acids is 1. The quantitative estimate of drug-likeness (QED) is 0.756. The Bertz CT molecular complexity index is 557. The van der Waals surface area contributed by atoms with Crippen LogP contribution in [0.2, 0.25) is 0 Å². The monoisotopic (exact) mass is 391 g/mol. The molecule has 1 N–H and O–H groups in total. The third kappa shape index (κ3) is 5.37. The van der Waals surface area contributed by atoms with Crippen molar-refractivity contribution < 1.29 is 18.5 Å². The van der Waals surface area contributed by atoms with Crippen LogP contribution < -0.4 is 9.46 Å². The first kappa shape index (κ1) is 19.1. The topological polar surface area (TPSA) is 64.6 Å². The van der Waals surface area contributed by atoms with Gasteiger partial charge in [-0.25, -0.2) is 8.93 Å². The van der Waals surface area contributed by atoms with E-state index in [4.69, 9.17) is 9.47 Å². The summed E-state index contributed by atoms with van der Waals surface area (Å²) >= 11 is 3.42. The zero-order valence-electron chi connectivity index (χ0n) is 13.4. The fourth-order valence-electron chi connectivity index (χ4n) is 1.68. The summed E-state index contributed by atoms with van der Waals surface area (Å²) in [6.07, 6.45) is 0.0943. The Morgan fingerprint density at radius 2 is 2.00 bits per heavy atom. The summed E-state index contributed by atoms with van der Waals surface area (Å²) in [4.78, 5) is 11.6. The zero-order valence-corrected chi connectivity index (χ0v) is 15.8. The third-order valence-corrected chi connectivity index (χ3v) is 5.21. The number of benzene rings is 1. The summed E-state index contributed by atoms with van der Waals surface area (Å²) in [6, 6.07) is 5.07. The fraction of sp³-hybridized carbons (Fsp3) is 0.533. The van der Waals surface area contributed by atoms with Gasteiger partial charge in [-0.1, -0.05) is 6.07 Å². The summed E-state index contributed by atoms with van der Waals surface area (Å²) < 4.78 is 25.6. The van der Waals surface area contributed by atoms with Crippen molar-refractivity contribution in [3.63, 3.8) is 0 Å². The van der Waals surface area contributed by atoms with Crippen molar-refractivity contribution in [3.8, 4) is 5.75 Å². The molecule has 0 saturated heterocycles. The van der Waals surface area contributed by atoms with E-state index in [9.17, 15) is 9.00 Å². The van der Waals surface area contributed by atoms with E-state index in [2.05, 4.69) is 20.7 Å². The summed E-state index contributed by atoms with van der Waals surface area (Å²) in [7, 11) is 1.61. The number of hydrogen-bond donors (Lipinski definition) is 1. The van der Waals surface area contributed by atoms with Gasteiger partial charge in [-0.05, 0) is 54.4 Å². The molecule has 124 valence electrons. The minimum atomic E-state index is -1.30. The minimum Gasteiger partial charge on any atom is -0.496 e. The molecule has 0 bridgehead atoms. The fourth-order valence-corrected chi connectivity index (χ4v) is 3.07. The van der Waals surface area contributed by atoms with E-state index in [1.165, 1.54) is 7.11 Å². The first-order chi connectivity index (χ1) is 10.2. The molecule has 0 fully saturated rings. The van der Waals surface area contributed by atoms with Gasteiger partial charge in [0.05, 0.1) is 46.9 Å². The van der Waals surface area contributed by atoms with Crippen molar-refractivity contribution in [1.82, 2.24) is 4.72 Å². The van der Waals surface area contributed by atoms with Crippen molar-refractivity contribution in [3.05, 3.63) is 28.2 Å². The second-order valence-corrected chi connectivity index (χ2v) is 8.58. The highest BCUT2D eigenvalue weighted by molar-refractivity contribution is 9.10. The Morgan fingerprint density at radius 3 is 2.45 bits per heavy atom.